The Morgan fingerprint density at radius 3 is 2.62 bits per heavy atom. The van der Waals surface area contributed by atoms with Gasteiger partial charge in [0.05, 0.1) is 12.3 Å². The molecule has 0 atom stereocenters. The van der Waals surface area contributed by atoms with E-state index >= 15 is 0 Å². The maximum atomic E-state index is 5.70. The predicted molar refractivity (Wildman–Crippen MR) is 107 cm³/mol. The molecule has 1 aromatic heterocycles. The average molecular weight is 358 g/mol. The molecule has 0 aliphatic heterocycles. The van der Waals surface area contributed by atoms with Crippen LogP contribution in [-0.4, -0.2) is 42.0 Å². The van der Waals surface area contributed by atoms with Gasteiger partial charge in [0.2, 0.25) is 0 Å². The van der Waals surface area contributed by atoms with Crippen molar-refractivity contribution in [2.24, 2.45) is 12.0 Å². The van der Waals surface area contributed by atoms with Crippen LogP contribution in [0, 0.1) is 13.8 Å². The van der Waals surface area contributed by atoms with E-state index in [0.717, 1.165) is 49.9 Å². The Morgan fingerprint density at radius 1 is 1.19 bits per heavy atom. The number of nitrogens with one attached hydrogen (secondary N) is 2. The number of rotatable bonds is 9. The molecule has 142 valence electrons. The van der Waals surface area contributed by atoms with Gasteiger partial charge in [-0.05, 0) is 44.9 Å². The molecule has 1 aromatic carbocycles. The summed E-state index contributed by atoms with van der Waals surface area (Å²) in [4.78, 5) is 4.62. The Bertz CT molecular complexity index is 694. The van der Waals surface area contributed by atoms with Crippen LogP contribution in [0.4, 0.5) is 0 Å². The topological polar surface area (TPSA) is 63.5 Å². The Kier molecular flexibility index (Phi) is 7.99. The van der Waals surface area contributed by atoms with E-state index in [-0.39, 0.29) is 0 Å². The third-order valence-corrected chi connectivity index (χ3v) is 4.25. The van der Waals surface area contributed by atoms with Crippen LogP contribution in [0.25, 0.3) is 0 Å². The molecule has 0 aliphatic carbocycles. The molecule has 2 aromatic rings. The Morgan fingerprint density at radius 2 is 1.96 bits per heavy atom. The summed E-state index contributed by atoms with van der Waals surface area (Å²) in [5, 5.41) is 11.2. The highest BCUT2D eigenvalue weighted by Gasteiger charge is 2.08. The fourth-order valence-corrected chi connectivity index (χ4v) is 2.79. The molecular weight excluding hydrogens is 326 g/mol. The predicted octanol–water partition coefficient (Wildman–Crippen LogP) is 2.60. The normalized spacial score (nSPS) is 11.5. The standard InChI is InChI=1S/C20H31N5O/c1-5-21-20(22-13-9-15-26-18-10-7-6-8-11-18)23-14-12-19-16(2)24-25(4)17(19)3/h6-8,10-11H,5,9,12-15H2,1-4H3,(H2,21,22,23). The average Bonchev–Trinajstić information content (AvgIpc) is 2.88. The zero-order chi connectivity index (χ0) is 18.8. The van der Waals surface area contributed by atoms with Gasteiger partial charge in [-0.1, -0.05) is 18.2 Å². The molecule has 0 saturated carbocycles. The summed E-state index contributed by atoms with van der Waals surface area (Å²) in [6, 6.07) is 9.88. The van der Waals surface area contributed by atoms with Crippen molar-refractivity contribution >= 4 is 5.96 Å². The second-order valence-electron chi connectivity index (χ2n) is 6.23. The monoisotopic (exact) mass is 357 g/mol. The van der Waals surface area contributed by atoms with Crippen LogP contribution in [0.1, 0.15) is 30.3 Å². The molecule has 6 nitrogen and oxygen atoms in total. The fourth-order valence-electron chi connectivity index (χ4n) is 2.79. The highest BCUT2D eigenvalue weighted by atomic mass is 16.5. The quantitative estimate of drug-likeness (QED) is 0.411. The number of para-hydroxylation sites is 1. The van der Waals surface area contributed by atoms with E-state index in [4.69, 9.17) is 4.74 Å². The lowest BCUT2D eigenvalue weighted by Gasteiger charge is -2.11. The smallest absolute Gasteiger partial charge is 0.191 e. The van der Waals surface area contributed by atoms with Crippen molar-refractivity contribution in [2.75, 3.05) is 26.2 Å². The van der Waals surface area contributed by atoms with Gasteiger partial charge in [-0.15, -0.1) is 0 Å². The summed E-state index contributed by atoms with van der Waals surface area (Å²) < 4.78 is 7.64. The van der Waals surface area contributed by atoms with Crippen molar-refractivity contribution in [3.8, 4) is 5.75 Å². The molecule has 2 rings (SSSR count). The summed E-state index contributed by atoms with van der Waals surface area (Å²) in [5.41, 5.74) is 3.64. The number of ether oxygens (including phenoxy) is 1. The SMILES string of the molecule is CCNC(=NCCCOc1ccccc1)NCCc1c(C)nn(C)c1C. The van der Waals surface area contributed by atoms with Crippen molar-refractivity contribution in [3.63, 3.8) is 0 Å². The minimum atomic E-state index is 0.668. The number of aliphatic imine (C=N–C) groups is 1. The van der Waals surface area contributed by atoms with E-state index in [1.54, 1.807) is 0 Å². The number of nitrogens with zero attached hydrogens (tertiary/aromatic N) is 3. The highest BCUT2D eigenvalue weighted by Crippen LogP contribution is 2.11. The van der Waals surface area contributed by atoms with Gasteiger partial charge in [-0.3, -0.25) is 9.67 Å². The summed E-state index contributed by atoms with van der Waals surface area (Å²) in [5.74, 6) is 1.76. The van der Waals surface area contributed by atoms with E-state index < -0.39 is 0 Å². The molecule has 0 aliphatic rings. The van der Waals surface area contributed by atoms with Crippen molar-refractivity contribution < 1.29 is 4.74 Å². The molecule has 0 spiro atoms. The lowest BCUT2D eigenvalue weighted by atomic mass is 10.1. The summed E-state index contributed by atoms with van der Waals surface area (Å²) >= 11 is 0. The van der Waals surface area contributed by atoms with Crippen LogP contribution in [0.5, 0.6) is 5.75 Å². The first-order valence-electron chi connectivity index (χ1n) is 9.31. The Labute approximate surface area is 156 Å². The molecule has 0 saturated heterocycles. The van der Waals surface area contributed by atoms with Crippen molar-refractivity contribution in [1.82, 2.24) is 20.4 Å². The highest BCUT2D eigenvalue weighted by molar-refractivity contribution is 5.79. The first-order valence-corrected chi connectivity index (χ1v) is 9.31. The summed E-state index contributed by atoms with van der Waals surface area (Å²) in [6.07, 6.45) is 1.82. The summed E-state index contributed by atoms with van der Waals surface area (Å²) in [7, 11) is 1.99. The van der Waals surface area contributed by atoms with Crippen molar-refractivity contribution in [1.29, 1.82) is 0 Å². The van der Waals surface area contributed by atoms with Crippen LogP contribution in [0.2, 0.25) is 0 Å². The summed E-state index contributed by atoms with van der Waals surface area (Å²) in [6.45, 7) is 9.33. The number of hydrogen-bond donors (Lipinski definition) is 2. The third kappa shape index (κ3) is 6.10. The molecule has 1 heterocycles. The second kappa shape index (κ2) is 10.5. The maximum absolute atomic E-state index is 5.70. The first-order chi connectivity index (χ1) is 12.6. The minimum Gasteiger partial charge on any atom is -0.494 e. The van der Waals surface area contributed by atoms with Gasteiger partial charge >= 0.3 is 0 Å². The van der Waals surface area contributed by atoms with Gasteiger partial charge < -0.3 is 15.4 Å². The lowest BCUT2D eigenvalue weighted by molar-refractivity contribution is 0.313. The number of benzene rings is 1. The van der Waals surface area contributed by atoms with Gasteiger partial charge in [-0.25, -0.2) is 0 Å². The first kappa shape index (κ1) is 19.8. The molecule has 0 radical (unpaired) electrons. The minimum absolute atomic E-state index is 0.668. The number of hydrogen-bond acceptors (Lipinski definition) is 3. The molecule has 0 amide bonds. The Balaban J connectivity index is 1.73. The van der Waals surface area contributed by atoms with Gasteiger partial charge in [0.25, 0.3) is 0 Å². The van der Waals surface area contributed by atoms with E-state index in [1.165, 1.54) is 11.3 Å². The molecule has 0 unspecified atom stereocenters. The van der Waals surface area contributed by atoms with Gasteiger partial charge in [0.15, 0.2) is 5.96 Å². The Hall–Kier alpha value is -2.50. The van der Waals surface area contributed by atoms with Crippen molar-refractivity contribution in [2.45, 2.75) is 33.6 Å². The van der Waals surface area contributed by atoms with Crippen molar-refractivity contribution in [3.05, 3.63) is 47.3 Å². The zero-order valence-electron chi connectivity index (χ0n) is 16.4. The molecule has 0 fully saturated rings. The van der Waals surface area contributed by atoms with E-state index in [0.29, 0.717) is 6.61 Å². The van der Waals surface area contributed by atoms with Crippen LogP contribution in [-0.2, 0) is 13.5 Å². The van der Waals surface area contributed by atoms with E-state index in [2.05, 4.69) is 41.5 Å². The van der Waals surface area contributed by atoms with Crippen LogP contribution in [0.15, 0.2) is 35.3 Å². The number of aromatic nitrogens is 2. The van der Waals surface area contributed by atoms with Crippen LogP contribution < -0.4 is 15.4 Å². The largest absolute Gasteiger partial charge is 0.494 e. The molecular formula is C20H31N5O. The molecule has 6 heteroatoms. The lowest BCUT2D eigenvalue weighted by Crippen LogP contribution is -2.38. The van der Waals surface area contributed by atoms with Crippen LogP contribution >= 0.6 is 0 Å². The third-order valence-electron chi connectivity index (χ3n) is 4.25. The second-order valence-corrected chi connectivity index (χ2v) is 6.23. The number of aryl methyl sites for hydroxylation is 2. The molecule has 0 bridgehead atoms. The maximum Gasteiger partial charge on any atom is 0.191 e. The van der Waals surface area contributed by atoms with Gasteiger partial charge in [0.1, 0.15) is 5.75 Å². The van der Waals surface area contributed by atoms with E-state index in [1.807, 2.05) is 42.1 Å². The molecule has 2 N–H and O–H groups in total. The van der Waals surface area contributed by atoms with Gasteiger partial charge in [0, 0.05) is 38.8 Å². The van der Waals surface area contributed by atoms with Gasteiger partial charge in [-0.2, -0.15) is 5.10 Å². The fraction of sp³-hybridized carbons (Fsp3) is 0.500. The van der Waals surface area contributed by atoms with E-state index in [9.17, 15) is 0 Å². The van der Waals surface area contributed by atoms with Crippen LogP contribution in [0.3, 0.4) is 0 Å². The number of guanidine groups is 1. The zero-order valence-corrected chi connectivity index (χ0v) is 16.4. The molecule has 26 heavy (non-hydrogen) atoms.